The quantitative estimate of drug-likeness (QED) is 0.788. The maximum Gasteiger partial charge on any atom is 0.163 e. The molecular weight excluding hydrogens is 314 g/mol. The van der Waals surface area contributed by atoms with Crippen molar-refractivity contribution in [1.29, 1.82) is 0 Å². The fourth-order valence-electron chi connectivity index (χ4n) is 3.37. The van der Waals surface area contributed by atoms with Gasteiger partial charge in [0, 0.05) is 32.9 Å². The third-order valence-electron chi connectivity index (χ3n) is 4.75. The summed E-state index contributed by atoms with van der Waals surface area (Å²) in [6.07, 6.45) is 4.90. The molecule has 4 heterocycles. The number of hydrogen-bond donors (Lipinski definition) is 1. The lowest BCUT2D eigenvalue weighted by Crippen LogP contribution is -2.24. The molecule has 130 valence electrons. The number of anilines is 2. The van der Waals surface area contributed by atoms with E-state index in [1.807, 2.05) is 37.1 Å². The average Bonchev–Trinajstić information content (AvgIpc) is 3.21. The standard InChI is InChI=1S/C18H23N7/c1-12-4-5-16(19-8-12)20-9-14-6-7-25(11-14)18-15-10-21-24(3)17(15)22-13(2)23-18/h4-5,8,10,14H,6-7,9,11H2,1-3H3,(H,19,20). The molecule has 0 aliphatic carbocycles. The van der Waals surface area contributed by atoms with Gasteiger partial charge in [0.2, 0.25) is 0 Å². The van der Waals surface area contributed by atoms with Gasteiger partial charge >= 0.3 is 0 Å². The molecular formula is C18H23N7. The van der Waals surface area contributed by atoms with Crippen LogP contribution in [0.3, 0.4) is 0 Å². The van der Waals surface area contributed by atoms with E-state index < -0.39 is 0 Å². The summed E-state index contributed by atoms with van der Waals surface area (Å²) in [7, 11) is 1.92. The molecule has 25 heavy (non-hydrogen) atoms. The summed E-state index contributed by atoms with van der Waals surface area (Å²) in [5.74, 6) is 3.31. The zero-order chi connectivity index (χ0) is 17.4. The summed E-state index contributed by atoms with van der Waals surface area (Å²) in [5.41, 5.74) is 2.07. The van der Waals surface area contributed by atoms with Crippen LogP contribution in [-0.2, 0) is 7.05 Å². The Hall–Kier alpha value is -2.70. The van der Waals surface area contributed by atoms with Crippen LogP contribution in [0.15, 0.2) is 24.5 Å². The summed E-state index contributed by atoms with van der Waals surface area (Å²) < 4.78 is 1.81. The van der Waals surface area contributed by atoms with Crippen LogP contribution in [-0.4, -0.2) is 44.4 Å². The molecule has 3 aromatic rings. The van der Waals surface area contributed by atoms with E-state index in [9.17, 15) is 0 Å². The molecule has 1 saturated heterocycles. The summed E-state index contributed by atoms with van der Waals surface area (Å²) in [6, 6.07) is 4.12. The maximum absolute atomic E-state index is 4.69. The first-order valence-corrected chi connectivity index (χ1v) is 8.68. The fraction of sp³-hybridized carbons (Fsp3) is 0.444. The predicted octanol–water partition coefficient (Wildman–Crippen LogP) is 2.31. The van der Waals surface area contributed by atoms with E-state index in [0.29, 0.717) is 5.92 Å². The lowest BCUT2D eigenvalue weighted by molar-refractivity contribution is 0.621. The normalized spacial score (nSPS) is 17.4. The van der Waals surface area contributed by atoms with Crippen LogP contribution in [0.2, 0.25) is 0 Å². The molecule has 0 spiro atoms. The van der Waals surface area contributed by atoms with Crippen LogP contribution in [0.5, 0.6) is 0 Å². The molecule has 7 nitrogen and oxygen atoms in total. The molecule has 1 unspecified atom stereocenters. The van der Waals surface area contributed by atoms with Gasteiger partial charge in [-0.3, -0.25) is 4.68 Å². The van der Waals surface area contributed by atoms with E-state index in [-0.39, 0.29) is 0 Å². The van der Waals surface area contributed by atoms with Crippen LogP contribution in [0.25, 0.3) is 11.0 Å². The second-order valence-corrected chi connectivity index (χ2v) is 6.80. The largest absolute Gasteiger partial charge is 0.370 e. The van der Waals surface area contributed by atoms with Crippen LogP contribution in [0, 0.1) is 19.8 Å². The van der Waals surface area contributed by atoms with E-state index in [1.54, 1.807) is 0 Å². The van der Waals surface area contributed by atoms with Gasteiger partial charge in [-0.15, -0.1) is 0 Å². The van der Waals surface area contributed by atoms with Crippen molar-refractivity contribution < 1.29 is 0 Å². The first-order valence-electron chi connectivity index (χ1n) is 8.68. The highest BCUT2D eigenvalue weighted by molar-refractivity contribution is 5.87. The van der Waals surface area contributed by atoms with E-state index in [0.717, 1.165) is 54.5 Å². The van der Waals surface area contributed by atoms with Crippen molar-refractivity contribution in [2.45, 2.75) is 20.3 Å². The minimum atomic E-state index is 0.574. The first kappa shape index (κ1) is 15.8. The number of nitrogens with one attached hydrogen (secondary N) is 1. The van der Waals surface area contributed by atoms with Crippen LogP contribution < -0.4 is 10.2 Å². The second-order valence-electron chi connectivity index (χ2n) is 6.80. The topological polar surface area (TPSA) is 71.8 Å². The Kier molecular flexibility index (Phi) is 3.99. The van der Waals surface area contributed by atoms with Gasteiger partial charge in [-0.2, -0.15) is 5.10 Å². The van der Waals surface area contributed by atoms with Gasteiger partial charge in [-0.25, -0.2) is 15.0 Å². The highest BCUT2D eigenvalue weighted by Gasteiger charge is 2.26. The van der Waals surface area contributed by atoms with Crippen LogP contribution in [0.1, 0.15) is 17.8 Å². The number of pyridine rings is 1. The van der Waals surface area contributed by atoms with Crippen molar-refractivity contribution in [2.75, 3.05) is 29.9 Å². The van der Waals surface area contributed by atoms with Gasteiger partial charge in [0.05, 0.1) is 11.6 Å². The molecule has 1 aliphatic rings. The van der Waals surface area contributed by atoms with Gasteiger partial charge in [0.1, 0.15) is 17.5 Å². The summed E-state index contributed by atoms with van der Waals surface area (Å²) >= 11 is 0. The monoisotopic (exact) mass is 337 g/mol. The fourth-order valence-corrected chi connectivity index (χ4v) is 3.37. The van der Waals surface area contributed by atoms with E-state index >= 15 is 0 Å². The SMILES string of the molecule is Cc1ccc(NCC2CCN(c3nc(C)nc4c3cnn4C)C2)nc1. The summed E-state index contributed by atoms with van der Waals surface area (Å²) in [4.78, 5) is 16.0. The predicted molar refractivity (Wildman–Crippen MR) is 98.8 cm³/mol. The first-order chi connectivity index (χ1) is 12.1. The average molecular weight is 337 g/mol. The van der Waals surface area contributed by atoms with Gasteiger partial charge in [-0.1, -0.05) is 6.07 Å². The summed E-state index contributed by atoms with van der Waals surface area (Å²) in [5, 5.41) is 8.82. The van der Waals surface area contributed by atoms with Gasteiger partial charge < -0.3 is 10.2 Å². The molecule has 0 bridgehead atoms. The highest BCUT2D eigenvalue weighted by Crippen LogP contribution is 2.28. The Morgan fingerprint density at radius 1 is 1.20 bits per heavy atom. The van der Waals surface area contributed by atoms with Gasteiger partial charge in [0.25, 0.3) is 0 Å². The zero-order valence-corrected chi connectivity index (χ0v) is 14.9. The number of aromatic nitrogens is 5. The third kappa shape index (κ3) is 3.14. The Labute approximate surface area is 147 Å². The lowest BCUT2D eigenvalue weighted by Gasteiger charge is -2.19. The molecule has 0 saturated carbocycles. The number of aryl methyl sites for hydroxylation is 3. The van der Waals surface area contributed by atoms with Crippen molar-refractivity contribution in [3.05, 3.63) is 35.9 Å². The van der Waals surface area contributed by atoms with Crippen molar-refractivity contribution in [1.82, 2.24) is 24.7 Å². The maximum atomic E-state index is 4.69. The molecule has 1 aliphatic heterocycles. The third-order valence-corrected chi connectivity index (χ3v) is 4.75. The smallest absolute Gasteiger partial charge is 0.163 e. The van der Waals surface area contributed by atoms with E-state index in [2.05, 4.69) is 43.3 Å². The molecule has 3 aromatic heterocycles. The molecule has 7 heteroatoms. The van der Waals surface area contributed by atoms with E-state index in [1.165, 1.54) is 5.56 Å². The van der Waals surface area contributed by atoms with E-state index in [4.69, 9.17) is 0 Å². The minimum absolute atomic E-state index is 0.574. The molecule has 1 fully saturated rings. The Bertz CT molecular complexity index is 884. The van der Waals surface area contributed by atoms with Crippen molar-refractivity contribution in [3.63, 3.8) is 0 Å². The molecule has 4 rings (SSSR count). The Morgan fingerprint density at radius 2 is 2.08 bits per heavy atom. The van der Waals surface area contributed by atoms with Crippen LogP contribution in [0.4, 0.5) is 11.6 Å². The van der Waals surface area contributed by atoms with Crippen molar-refractivity contribution in [3.8, 4) is 0 Å². The van der Waals surface area contributed by atoms with Crippen molar-refractivity contribution >= 4 is 22.7 Å². The molecule has 0 aromatic carbocycles. The van der Waals surface area contributed by atoms with Gasteiger partial charge in [-0.05, 0) is 37.8 Å². The molecule has 1 atom stereocenters. The number of hydrogen-bond acceptors (Lipinski definition) is 6. The lowest BCUT2D eigenvalue weighted by atomic mass is 10.1. The molecule has 0 radical (unpaired) electrons. The zero-order valence-electron chi connectivity index (χ0n) is 14.9. The molecule has 1 N–H and O–H groups in total. The minimum Gasteiger partial charge on any atom is -0.370 e. The number of nitrogens with zero attached hydrogens (tertiary/aromatic N) is 6. The van der Waals surface area contributed by atoms with Crippen molar-refractivity contribution in [2.24, 2.45) is 13.0 Å². The van der Waals surface area contributed by atoms with Gasteiger partial charge in [0.15, 0.2) is 5.65 Å². The summed E-state index contributed by atoms with van der Waals surface area (Å²) in [6.45, 7) is 6.91. The highest BCUT2D eigenvalue weighted by atomic mass is 15.3. The molecule has 0 amide bonds. The number of fused-ring (bicyclic) bond motifs is 1. The second kappa shape index (κ2) is 6.31. The Balaban J connectivity index is 1.46. The van der Waals surface area contributed by atoms with Crippen LogP contribution >= 0.6 is 0 Å². The Morgan fingerprint density at radius 3 is 2.88 bits per heavy atom. The number of rotatable bonds is 4.